The van der Waals surface area contributed by atoms with Gasteiger partial charge in [-0.15, -0.1) is 0 Å². The molecule has 3 aromatic heterocycles. The van der Waals surface area contributed by atoms with Crippen LogP contribution in [0.5, 0.6) is 0 Å². The maximum atomic E-state index is 13.8. The van der Waals surface area contributed by atoms with Gasteiger partial charge in [0.2, 0.25) is 0 Å². The van der Waals surface area contributed by atoms with Crippen molar-refractivity contribution in [2.75, 3.05) is 11.9 Å². The monoisotopic (exact) mass is 440 g/mol. The first kappa shape index (κ1) is 20.5. The molecule has 0 bridgehead atoms. The average molecular weight is 440 g/mol. The lowest BCUT2D eigenvalue weighted by atomic mass is 9.87. The molecule has 0 saturated heterocycles. The molecule has 3 heterocycles. The fraction of sp³-hybridized carbons (Fsp3) is 0.364. The third-order valence-electron chi connectivity index (χ3n) is 6.15. The lowest BCUT2D eigenvalue weighted by molar-refractivity contribution is 0.102. The highest BCUT2D eigenvalue weighted by Gasteiger charge is 2.24. The van der Waals surface area contributed by atoms with Crippen molar-refractivity contribution in [2.24, 2.45) is 5.92 Å². The van der Waals surface area contributed by atoms with Gasteiger partial charge in [-0.3, -0.25) is 9.48 Å². The molecule has 4 aromatic rings. The summed E-state index contributed by atoms with van der Waals surface area (Å²) < 4.78 is 30.9. The minimum atomic E-state index is -2.78. The van der Waals surface area contributed by atoms with Crippen LogP contribution in [0.15, 0.2) is 43.0 Å². The lowest BCUT2D eigenvalue weighted by Crippen LogP contribution is -2.20. The molecular formula is C22H22F2N6O2. The minimum absolute atomic E-state index is 0.0383. The summed E-state index contributed by atoms with van der Waals surface area (Å²) in [5.41, 5.74) is 0.749. The largest absolute Gasteiger partial charge is 0.396 e. The van der Waals surface area contributed by atoms with Gasteiger partial charge in [-0.05, 0) is 49.8 Å². The van der Waals surface area contributed by atoms with Gasteiger partial charge in [-0.1, -0.05) is 0 Å². The van der Waals surface area contributed by atoms with Crippen LogP contribution in [-0.2, 0) is 0 Å². The molecule has 8 nitrogen and oxygen atoms in total. The molecule has 0 atom stereocenters. The van der Waals surface area contributed by atoms with Crippen molar-refractivity contribution in [2.45, 2.75) is 38.2 Å². The van der Waals surface area contributed by atoms with Crippen molar-refractivity contribution in [1.29, 1.82) is 0 Å². The predicted octanol–water partition coefficient (Wildman–Crippen LogP) is 3.99. The topological polar surface area (TPSA) is 97.3 Å². The average Bonchev–Trinajstić information content (AvgIpc) is 3.42. The quantitative estimate of drug-likeness (QED) is 0.489. The highest BCUT2D eigenvalue weighted by molar-refractivity contribution is 6.09. The van der Waals surface area contributed by atoms with Gasteiger partial charge in [-0.2, -0.15) is 10.2 Å². The van der Waals surface area contributed by atoms with E-state index in [4.69, 9.17) is 0 Å². The van der Waals surface area contributed by atoms with Crippen LogP contribution in [0.25, 0.3) is 16.6 Å². The van der Waals surface area contributed by atoms with Crippen molar-refractivity contribution >= 4 is 28.1 Å². The van der Waals surface area contributed by atoms with Gasteiger partial charge in [0.25, 0.3) is 12.3 Å². The number of amides is 1. The van der Waals surface area contributed by atoms with E-state index in [9.17, 15) is 18.7 Å². The SMILES string of the molecule is O=C(Nc1cc2cn([C@H]3CC[C@H](CO)CC3)nc2cc1C(F)F)c1cnn2cccnc12. The first-order chi connectivity index (χ1) is 15.5. The standard InChI is InChI=1S/C22H22F2N6O2/c23-20(24)16-9-18-14(11-30(28-18)15-4-2-13(12-31)3-5-15)8-19(16)27-22(32)17-10-26-29-7-1-6-25-21(17)29/h1,6-11,13,15,20,31H,2-5,12H2,(H,27,32)/t13-,15-. The number of carbonyl (C=O) groups is 1. The zero-order valence-corrected chi connectivity index (χ0v) is 17.2. The molecular weight excluding hydrogens is 418 g/mol. The Kier molecular flexibility index (Phi) is 5.30. The number of anilines is 1. The third-order valence-corrected chi connectivity index (χ3v) is 6.15. The summed E-state index contributed by atoms with van der Waals surface area (Å²) in [6.07, 6.45) is 7.19. The Balaban J connectivity index is 1.45. The minimum Gasteiger partial charge on any atom is -0.396 e. The van der Waals surface area contributed by atoms with E-state index in [1.807, 2.05) is 10.9 Å². The summed E-state index contributed by atoms with van der Waals surface area (Å²) in [6.45, 7) is 0.191. The van der Waals surface area contributed by atoms with Crippen LogP contribution in [0, 0.1) is 5.92 Å². The van der Waals surface area contributed by atoms with Gasteiger partial charge in [0.15, 0.2) is 5.65 Å². The van der Waals surface area contributed by atoms with Crippen molar-refractivity contribution in [1.82, 2.24) is 24.4 Å². The van der Waals surface area contributed by atoms with Crippen molar-refractivity contribution < 1.29 is 18.7 Å². The normalized spacial score (nSPS) is 19.1. The number of carbonyl (C=O) groups excluding carboxylic acids is 1. The van der Waals surface area contributed by atoms with Gasteiger partial charge in [0.1, 0.15) is 5.56 Å². The Morgan fingerprint density at radius 2 is 2.06 bits per heavy atom. The summed E-state index contributed by atoms with van der Waals surface area (Å²) in [4.78, 5) is 17.0. The van der Waals surface area contributed by atoms with Gasteiger partial charge in [0, 0.05) is 36.1 Å². The molecule has 1 amide bonds. The summed E-state index contributed by atoms with van der Waals surface area (Å²) in [7, 11) is 0. The Hall–Kier alpha value is -3.40. The molecule has 1 aliphatic carbocycles. The molecule has 1 aliphatic rings. The fourth-order valence-electron chi connectivity index (χ4n) is 4.35. The summed E-state index contributed by atoms with van der Waals surface area (Å²) in [5.74, 6) is -0.243. The van der Waals surface area contributed by atoms with Crippen LogP contribution in [0.2, 0.25) is 0 Å². The number of halogens is 2. The smallest absolute Gasteiger partial charge is 0.265 e. The van der Waals surface area contributed by atoms with E-state index in [2.05, 4.69) is 20.5 Å². The number of fused-ring (bicyclic) bond motifs is 2. The van der Waals surface area contributed by atoms with E-state index in [0.29, 0.717) is 22.5 Å². The fourth-order valence-corrected chi connectivity index (χ4v) is 4.35. The number of hydrogen-bond donors (Lipinski definition) is 2. The summed E-state index contributed by atoms with van der Waals surface area (Å²) in [5, 5.41) is 21.2. The Morgan fingerprint density at radius 3 is 2.81 bits per heavy atom. The highest BCUT2D eigenvalue weighted by Crippen LogP contribution is 2.35. The van der Waals surface area contributed by atoms with Crippen LogP contribution in [0.1, 0.15) is 54.1 Å². The van der Waals surface area contributed by atoms with Gasteiger partial charge in [0.05, 0.1) is 23.4 Å². The number of nitrogens with one attached hydrogen (secondary N) is 1. The third kappa shape index (κ3) is 3.70. The van der Waals surface area contributed by atoms with Crippen LogP contribution in [-0.4, -0.2) is 42.0 Å². The number of benzene rings is 1. The molecule has 2 N–H and O–H groups in total. The second kappa shape index (κ2) is 8.27. The molecule has 0 spiro atoms. The Morgan fingerprint density at radius 1 is 1.25 bits per heavy atom. The maximum Gasteiger partial charge on any atom is 0.265 e. The molecule has 5 rings (SSSR count). The number of aliphatic hydroxyl groups is 1. The molecule has 0 aliphatic heterocycles. The second-order valence-corrected chi connectivity index (χ2v) is 8.17. The number of nitrogens with zero attached hydrogens (tertiary/aromatic N) is 5. The number of hydrogen-bond acceptors (Lipinski definition) is 5. The molecule has 10 heteroatoms. The molecule has 166 valence electrons. The van der Waals surface area contributed by atoms with Crippen LogP contribution < -0.4 is 5.32 Å². The Bertz CT molecular complexity index is 1280. The highest BCUT2D eigenvalue weighted by atomic mass is 19.3. The summed E-state index contributed by atoms with van der Waals surface area (Å²) >= 11 is 0. The van der Waals surface area contributed by atoms with Crippen LogP contribution >= 0.6 is 0 Å². The first-order valence-electron chi connectivity index (χ1n) is 10.5. The molecule has 1 fully saturated rings. The van der Waals surface area contributed by atoms with Crippen molar-refractivity contribution in [3.8, 4) is 0 Å². The van der Waals surface area contributed by atoms with Gasteiger partial charge in [-0.25, -0.2) is 18.3 Å². The molecule has 1 aromatic carbocycles. The Labute approximate surface area is 181 Å². The van der Waals surface area contributed by atoms with E-state index in [1.54, 1.807) is 12.3 Å². The summed E-state index contributed by atoms with van der Waals surface area (Å²) in [6, 6.07) is 4.72. The first-order valence-corrected chi connectivity index (χ1v) is 10.5. The van der Waals surface area contributed by atoms with Crippen molar-refractivity contribution in [3.05, 3.63) is 54.1 Å². The van der Waals surface area contributed by atoms with E-state index < -0.39 is 12.3 Å². The predicted molar refractivity (Wildman–Crippen MR) is 114 cm³/mol. The second-order valence-electron chi connectivity index (χ2n) is 8.17. The van der Waals surface area contributed by atoms with Gasteiger partial charge >= 0.3 is 0 Å². The lowest BCUT2D eigenvalue weighted by Gasteiger charge is -2.27. The van der Waals surface area contributed by atoms with E-state index >= 15 is 0 Å². The van der Waals surface area contributed by atoms with Crippen LogP contribution in [0.3, 0.4) is 0 Å². The van der Waals surface area contributed by atoms with Crippen LogP contribution in [0.4, 0.5) is 14.5 Å². The molecule has 1 saturated carbocycles. The van der Waals surface area contributed by atoms with E-state index in [1.165, 1.54) is 29.0 Å². The number of aliphatic hydroxyl groups excluding tert-OH is 1. The zero-order valence-electron chi connectivity index (χ0n) is 17.2. The molecule has 0 radical (unpaired) electrons. The van der Waals surface area contributed by atoms with E-state index in [-0.39, 0.29) is 29.5 Å². The number of aromatic nitrogens is 5. The maximum absolute atomic E-state index is 13.8. The van der Waals surface area contributed by atoms with E-state index in [0.717, 1.165) is 25.7 Å². The zero-order chi connectivity index (χ0) is 22.2. The molecule has 32 heavy (non-hydrogen) atoms. The number of rotatable bonds is 5. The molecule has 0 unspecified atom stereocenters. The number of alkyl halides is 2. The van der Waals surface area contributed by atoms with Gasteiger partial charge < -0.3 is 10.4 Å². The van der Waals surface area contributed by atoms with Crippen molar-refractivity contribution in [3.63, 3.8) is 0 Å².